The average molecular weight is 263 g/mol. The number of nitro groups is 1. The molecule has 0 spiro atoms. The van der Waals surface area contributed by atoms with E-state index in [-0.39, 0.29) is 22.2 Å². The highest BCUT2D eigenvalue weighted by Gasteiger charge is 2.13. The Labute approximate surface area is 104 Å². The molecule has 0 fully saturated rings. The first kappa shape index (κ1) is 10.6. The van der Waals surface area contributed by atoms with Gasteiger partial charge in [-0.05, 0) is 18.3 Å². The quantitative estimate of drug-likeness (QED) is 0.430. The number of fused-ring (bicyclic) bond motifs is 1. The van der Waals surface area contributed by atoms with Crippen molar-refractivity contribution in [3.8, 4) is 11.5 Å². The highest BCUT2D eigenvalue weighted by molar-refractivity contribution is 7.71. The molecule has 2 aromatic heterocycles. The summed E-state index contributed by atoms with van der Waals surface area (Å²) in [5.41, 5.74) is 0.463. The van der Waals surface area contributed by atoms with Crippen LogP contribution in [0.15, 0.2) is 28.7 Å². The second-order valence-electron chi connectivity index (χ2n) is 3.44. The summed E-state index contributed by atoms with van der Waals surface area (Å²) >= 11 is 4.80. The largest absolute Gasteiger partial charge is 0.402 e. The Morgan fingerprint density at radius 2 is 2.33 bits per heavy atom. The molecule has 0 saturated heterocycles. The Balaban J connectivity index is 2.13. The van der Waals surface area contributed by atoms with E-state index >= 15 is 0 Å². The molecule has 3 aromatic rings. The van der Waals surface area contributed by atoms with Crippen molar-refractivity contribution in [2.75, 3.05) is 0 Å². The summed E-state index contributed by atoms with van der Waals surface area (Å²) in [7, 11) is 0. The summed E-state index contributed by atoms with van der Waals surface area (Å²) in [6, 6.07) is 5.99. The summed E-state index contributed by atoms with van der Waals surface area (Å²) in [5.74, 6) is 0.439. The average Bonchev–Trinajstić information content (AvgIpc) is 2.86. The van der Waals surface area contributed by atoms with Crippen LogP contribution in [-0.2, 0) is 0 Å². The zero-order valence-corrected chi connectivity index (χ0v) is 9.55. The zero-order valence-electron chi connectivity index (χ0n) is 8.73. The molecule has 9 heteroatoms. The molecular formula is C9H5N5O3S. The third-order valence-electron chi connectivity index (χ3n) is 2.26. The summed E-state index contributed by atoms with van der Waals surface area (Å²) in [4.78, 5) is 14.1. The lowest BCUT2D eigenvalue weighted by atomic mass is 10.2. The Hall–Kier alpha value is -2.55. The van der Waals surface area contributed by atoms with Gasteiger partial charge in [-0.2, -0.15) is 4.98 Å². The lowest BCUT2D eigenvalue weighted by Crippen LogP contribution is -1.89. The van der Waals surface area contributed by atoms with E-state index < -0.39 is 4.92 Å². The predicted octanol–water partition coefficient (Wildman–Crippen LogP) is 1.96. The number of H-pyrrole nitrogens is 1. The first-order valence-electron chi connectivity index (χ1n) is 4.84. The van der Waals surface area contributed by atoms with Crippen molar-refractivity contribution < 1.29 is 9.34 Å². The molecule has 18 heavy (non-hydrogen) atoms. The third-order valence-corrected chi connectivity index (χ3v) is 2.45. The van der Waals surface area contributed by atoms with E-state index in [0.717, 1.165) is 0 Å². The fraction of sp³-hybridized carbons (Fsp3) is 0. The lowest BCUT2D eigenvalue weighted by molar-refractivity contribution is -0.384. The molecule has 0 aliphatic rings. The standard InChI is InChI=1S/C9H5N5O3S/c15-14(16)6-3-1-2-5(4-6)7-11-13-9(17-7)10-8(18)12-13/h1-4H,(H,12,18). The van der Waals surface area contributed by atoms with Gasteiger partial charge in [-0.1, -0.05) is 6.07 Å². The highest BCUT2D eigenvalue weighted by atomic mass is 32.1. The molecule has 1 N–H and O–H groups in total. The van der Waals surface area contributed by atoms with Gasteiger partial charge in [0.05, 0.1) is 4.92 Å². The third kappa shape index (κ3) is 1.66. The fourth-order valence-electron chi connectivity index (χ4n) is 1.50. The number of nitrogens with one attached hydrogen (secondary N) is 1. The van der Waals surface area contributed by atoms with Crippen LogP contribution in [-0.4, -0.2) is 24.7 Å². The van der Waals surface area contributed by atoms with E-state index in [2.05, 4.69) is 15.2 Å². The number of hydrogen-bond donors (Lipinski definition) is 1. The van der Waals surface area contributed by atoms with Crippen LogP contribution in [0.1, 0.15) is 0 Å². The number of aromatic amines is 1. The first-order chi connectivity index (χ1) is 8.63. The summed E-state index contributed by atoms with van der Waals surface area (Å²) in [5, 5.41) is 17.4. The fourth-order valence-corrected chi connectivity index (χ4v) is 1.66. The lowest BCUT2D eigenvalue weighted by Gasteiger charge is -1.94. The Bertz CT molecular complexity index is 767. The number of hydrogen-bond acceptors (Lipinski definition) is 6. The van der Waals surface area contributed by atoms with Gasteiger partial charge in [0.25, 0.3) is 5.69 Å². The van der Waals surface area contributed by atoms with E-state index in [0.29, 0.717) is 5.56 Å². The Morgan fingerprint density at radius 1 is 1.50 bits per heavy atom. The van der Waals surface area contributed by atoms with Gasteiger partial charge < -0.3 is 4.42 Å². The molecule has 1 aromatic carbocycles. The van der Waals surface area contributed by atoms with Crippen molar-refractivity contribution in [2.24, 2.45) is 0 Å². The number of aromatic nitrogens is 4. The van der Waals surface area contributed by atoms with Crippen molar-refractivity contribution in [1.82, 2.24) is 19.8 Å². The number of benzene rings is 1. The maximum absolute atomic E-state index is 10.7. The van der Waals surface area contributed by atoms with Crippen molar-refractivity contribution in [1.29, 1.82) is 0 Å². The Kier molecular flexibility index (Phi) is 2.20. The van der Waals surface area contributed by atoms with Crippen molar-refractivity contribution in [3.05, 3.63) is 39.2 Å². The van der Waals surface area contributed by atoms with Gasteiger partial charge in [0.2, 0.25) is 10.7 Å². The molecule has 0 radical (unpaired) electrons. The SMILES string of the molecule is O=[N+]([O-])c1cccc(-c2nn3[nH]c(=S)nc3o2)c1. The van der Waals surface area contributed by atoms with Crippen LogP contribution in [0, 0.1) is 14.9 Å². The van der Waals surface area contributed by atoms with Gasteiger partial charge in [0, 0.05) is 17.7 Å². The molecule has 0 aliphatic carbocycles. The van der Waals surface area contributed by atoms with Crippen LogP contribution in [0.5, 0.6) is 0 Å². The molecule has 0 aliphatic heterocycles. The smallest absolute Gasteiger partial charge is 0.343 e. The summed E-state index contributed by atoms with van der Waals surface area (Å²) in [6.07, 6.45) is 0. The van der Waals surface area contributed by atoms with E-state index in [9.17, 15) is 10.1 Å². The zero-order chi connectivity index (χ0) is 12.7. The Morgan fingerprint density at radius 3 is 3.06 bits per heavy atom. The molecule has 8 nitrogen and oxygen atoms in total. The molecule has 3 rings (SSSR count). The van der Waals surface area contributed by atoms with Crippen molar-refractivity contribution in [2.45, 2.75) is 0 Å². The molecule has 0 atom stereocenters. The molecule has 0 amide bonds. The molecular weight excluding hydrogens is 258 g/mol. The van der Waals surface area contributed by atoms with Gasteiger partial charge in [-0.25, -0.2) is 5.10 Å². The molecule has 90 valence electrons. The van der Waals surface area contributed by atoms with E-state index in [1.807, 2.05) is 0 Å². The maximum atomic E-state index is 10.7. The van der Waals surface area contributed by atoms with Crippen LogP contribution in [0.2, 0.25) is 0 Å². The van der Waals surface area contributed by atoms with E-state index in [4.69, 9.17) is 16.6 Å². The first-order valence-corrected chi connectivity index (χ1v) is 5.25. The normalized spacial score (nSPS) is 10.9. The van der Waals surface area contributed by atoms with Gasteiger partial charge >= 0.3 is 5.84 Å². The van der Waals surface area contributed by atoms with Gasteiger partial charge in [-0.15, -0.1) is 9.73 Å². The maximum Gasteiger partial charge on any atom is 0.343 e. The topological polar surface area (TPSA) is 102 Å². The summed E-state index contributed by atoms with van der Waals surface area (Å²) < 4.78 is 6.86. The van der Waals surface area contributed by atoms with Gasteiger partial charge in [0.1, 0.15) is 0 Å². The van der Waals surface area contributed by atoms with E-state index in [1.165, 1.54) is 16.8 Å². The number of rotatable bonds is 2. The van der Waals surface area contributed by atoms with Crippen molar-refractivity contribution >= 4 is 23.7 Å². The minimum Gasteiger partial charge on any atom is -0.402 e. The minimum atomic E-state index is -0.481. The van der Waals surface area contributed by atoms with Crippen LogP contribution >= 0.6 is 12.2 Å². The second kappa shape index (κ2) is 3.74. The molecule has 0 saturated carbocycles. The predicted molar refractivity (Wildman–Crippen MR) is 62.5 cm³/mol. The molecule has 0 bridgehead atoms. The van der Waals surface area contributed by atoms with E-state index in [1.54, 1.807) is 12.1 Å². The molecule has 0 unspecified atom stereocenters. The second-order valence-corrected chi connectivity index (χ2v) is 3.82. The van der Waals surface area contributed by atoms with Gasteiger partial charge in [-0.3, -0.25) is 10.1 Å². The van der Waals surface area contributed by atoms with Crippen LogP contribution in [0.25, 0.3) is 17.3 Å². The molecule has 2 heterocycles. The van der Waals surface area contributed by atoms with Gasteiger partial charge in [0.15, 0.2) is 0 Å². The number of non-ortho nitro benzene ring substituents is 1. The minimum absolute atomic E-state index is 0.0312. The summed E-state index contributed by atoms with van der Waals surface area (Å²) in [6.45, 7) is 0. The number of nitrogens with zero attached hydrogens (tertiary/aromatic N) is 4. The van der Waals surface area contributed by atoms with Crippen molar-refractivity contribution in [3.63, 3.8) is 0 Å². The van der Waals surface area contributed by atoms with Crippen LogP contribution < -0.4 is 0 Å². The monoisotopic (exact) mass is 263 g/mol. The van der Waals surface area contributed by atoms with Crippen LogP contribution in [0.4, 0.5) is 5.69 Å². The number of nitro benzene ring substituents is 1. The van der Waals surface area contributed by atoms with Crippen LogP contribution in [0.3, 0.4) is 0 Å². The highest BCUT2D eigenvalue weighted by Crippen LogP contribution is 2.23.